The number of hydrogen-bond donors (Lipinski definition) is 2. The molecular formula is C21H18N4O2S. The molecular weight excluding hydrogens is 372 g/mol. The maximum Gasteiger partial charge on any atom is 0.219 e. The highest BCUT2D eigenvalue weighted by Crippen LogP contribution is 2.49. The number of pyridine rings is 2. The SMILES string of the molecule is CCC(=O)NCCC1(O)c2scnc2-c2nccc3c2c1nc1ccccc13. The number of thiazole rings is 1. The molecule has 6 nitrogen and oxygen atoms in total. The summed E-state index contributed by atoms with van der Waals surface area (Å²) in [5.74, 6) is -0.0392. The van der Waals surface area contributed by atoms with E-state index >= 15 is 0 Å². The van der Waals surface area contributed by atoms with Crippen molar-refractivity contribution in [3.8, 4) is 11.4 Å². The lowest BCUT2D eigenvalue weighted by atomic mass is 9.82. The molecule has 3 aromatic heterocycles. The third-order valence-corrected chi connectivity index (χ3v) is 6.28. The van der Waals surface area contributed by atoms with Crippen molar-refractivity contribution in [2.45, 2.75) is 25.4 Å². The number of aromatic nitrogens is 3. The fraction of sp³-hybridized carbons (Fsp3) is 0.238. The van der Waals surface area contributed by atoms with Gasteiger partial charge in [-0.15, -0.1) is 11.3 Å². The number of nitrogens with zero attached hydrogens (tertiary/aromatic N) is 3. The van der Waals surface area contributed by atoms with Crippen LogP contribution in [0.2, 0.25) is 0 Å². The molecule has 1 unspecified atom stereocenters. The molecule has 0 bridgehead atoms. The van der Waals surface area contributed by atoms with Gasteiger partial charge >= 0.3 is 0 Å². The maximum absolute atomic E-state index is 11.8. The lowest BCUT2D eigenvalue weighted by molar-refractivity contribution is -0.120. The van der Waals surface area contributed by atoms with Crippen molar-refractivity contribution in [3.05, 3.63) is 52.6 Å². The molecule has 7 heteroatoms. The molecule has 1 aromatic carbocycles. The summed E-state index contributed by atoms with van der Waals surface area (Å²) < 4.78 is 0. The molecule has 0 fully saturated rings. The zero-order chi connectivity index (χ0) is 19.3. The minimum absolute atomic E-state index is 0.0392. The first-order valence-electron chi connectivity index (χ1n) is 9.25. The van der Waals surface area contributed by atoms with E-state index in [-0.39, 0.29) is 5.91 Å². The number of benzene rings is 1. The molecule has 1 atom stereocenters. The van der Waals surface area contributed by atoms with Gasteiger partial charge in [0.15, 0.2) is 0 Å². The van der Waals surface area contributed by atoms with Crippen molar-refractivity contribution in [2.24, 2.45) is 0 Å². The van der Waals surface area contributed by atoms with E-state index < -0.39 is 5.60 Å². The van der Waals surface area contributed by atoms with Crippen molar-refractivity contribution < 1.29 is 9.90 Å². The lowest BCUT2D eigenvalue weighted by Gasteiger charge is -2.32. The van der Waals surface area contributed by atoms with Crippen molar-refractivity contribution in [1.82, 2.24) is 20.3 Å². The Morgan fingerprint density at radius 1 is 1.18 bits per heavy atom. The van der Waals surface area contributed by atoms with Crippen LogP contribution in [-0.2, 0) is 10.4 Å². The van der Waals surface area contributed by atoms with E-state index in [4.69, 9.17) is 4.98 Å². The van der Waals surface area contributed by atoms with Gasteiger partial charge < -0.3 is 10.4 Å². The summed E-state index contributed by atoms with van der Waals surface area (Å²) >= 11 is 1.40. The van der Waals surface area contributed by atoms with Crippen molar-refractivity contribution >= 4 is 38.9 Å². The smallest absolute Gasteiger partial charge is 0.219 e. The zero-order valence-electron chi connectivity index (χ0n) is 15.3. The molecule has 3 heterocycles. The van der Waals surface area contributed by atoms with E-state index in [2.05, 4.69) is 15.3 Å². The fourth-order valence-corrected chi connectivity index (χ4v) is 4.85. The number of aliphatic hydroxyl groups is 1. The van der Waals surface area contributed by atoms with E-state index in [1.165, 1.54) is 11.3 Å². The standard InChI is InChI=1S/C21H18N4O2S/c1-2-15(26)22-10-8-21(27)19-16-13(12-5-3-4-6-14(12)25-19)7-9-23-17(16)18-20(21)28-11-24-18/h3-7,9,11,27H,2,8,10H2,1H3,(H,22,26). The molecule has 1 amide bonds. The Balaban J connectivity index is 1.78. The normalized spacial score (nSPS) is 17.6. The number of carbonyl (C=O) groups is 1. The van der Waals surface area contributed by atoms with Crippen LogP contribution in [0.15, 0.2) is 42.0 Å². The molecule has 0 aliphatic heterocycles. The summed E-state index contributed by atoms with van der Waals surface area (Å²) in [6.07, 6.45) is 2.51. The Kier molecular flexibility index (Phi) is 3.89. The first kappa shape index (κ1) is 17.2. The van der Waals surface area contributed by atoms with Crippen LogP contribution in [0.4, 0.5) is 0 Å². The van der Waals surface area contributed by atoms with Gasteiger partial charge in [0.05, 0.1) is 27.3 Å². The predicted octanol–water partition coefficient (Wildman–Crippen LogP) is 3.37. The van der Waals surface area contributed by atoms with Gasteiger partial charge in [-0.2, -0.15) is 0 Å². The first-order chi connectivity index (χ1) is 13.6. The van der Waals surface area contributed by atoms with Crippen LogP contribution in [0.1, 0.15) is 30.3 Å². The Morgan fingerprint density at radius 3 is 2.89 bits per heavy atom. The molecule has 4 aromatic rings. The largest absolute Gasteiger partial charge is 0.378 e. The molecule has 28 heavy (non-hydrogen) atoms. The number of nitrogens with one attached hydrogen (secondary N) is 1. The van der Waals surface area contributed by atoms with Gasteiger partial charge in [0.2, 0.25) is 5.91 Å². The number of para-hydroxylation sites is 1. The minimum Gasteiger partial charge on any atom is -0.378 e. The van der Waals surface area contributed by atoms with E-state index in [0.717, 1.165) is 32.2 Å². The van der Waals surface area contributed by atoms with Crippen LogP contribution in [0.5, 0.6) is 0 Å². The molecule has 140 valence electrons. The van der Waals surface area contributed by atoms with Gasteiger partial charge in [0.1, 0.15) is 11.3 Å². The molecule has 0 saturated carbocycles. The van der Waals surface area contributed by atoms with Crippen LogP contribution >= 0.6 is 11.3 Å². The number of fused-ring (bicyclic) bond motifs is 4. The van der Waals surface area contributed by atoms with Gasteiger partial charge in [0.25, 0.3) is 0 Å². The summed E-state index contributed by atoms with van der Waals surface area (Å²) in [6, 6.07) is 9.87. The highest BCUT2D eigenvalue weighted by Gasteiger charge is 2.43. The summed E-state index contributed by atoms with van der Waals surface area (Å²) in [7, 11) is 0. The third-order valence-electron chi connectivity index (χ3n) is 5.30. The highest BCUT2D eigenvalue weighted by atomic mass is 32.1. The van der Waals surface area contributed by atoms with Crippen LogP contribution in [0.25, 0.3) is 33.1 Å². The third kappa shape index (κ3) is 2.36. The summed E-state index contributed by atoms with van der Waals surface area (Å²) in [5.41, 5.74) is 3.27. The summed E-state index contributed by atoms with van der Waals surface area (Å²) in [4.78, 5) is 26.3. The number of rotatable bonds is 4. The van der Waals surface area contributed by atoms with E-state index in [1.54, 1.807) is 11.7 Å². The quantitative estimate of drug-likeness (QED) is 0.522. The van der Waals surface area contributed by atoms with Gasteiger partial charge in [-0.05, 0) is 17.5 Å². The van der Waals surface area contributed by atoms with Crippen LogP contribution in [-0.4, -0.2) is 32.5 Å². The summed E-state index contributed by atoms with van der Waals surface area (Å²) in [5, 5.41) is 17.6. The van der Waals surface area contributed by atoms with Crippen molar-refractivity contribution in [3.63, 3.8) is 0 Å². The van der Waals surface area contributed by atoms with Crippen molar-refractivity contribution in [2.75, 3.05) is 6.54 Å². The highest BCUT2D eigenvalue weighted by molar-refractivity contribution is 7.10. The summed E-state index contributed by atoms with van der Waals surface area (Å²) in [6.45, 7) is 2.16. The van der Waals surface area contributed by atoms with Crippen LogP contribution < -0.4 is 5.32 Å². The Bertz CT molecular complexity index is 1240. The molecule has 1 aliphatic carbocycles. The van der Waals surface area contributed by atoms with Crippen molar-refractivity contribution in [1.29, 1.82) is 0 Å². The second-order valence-electron chi connectivity index (χ2n) is 6.90. The zero-order valence-corrected chi connectivity index (χ0v) is 16.1. The molecule has 5 rings (SSSR count). The Labute approximate surface area is 165 Å². The second kappa shape index (κ2) is 6.32. The maximum atomic E-state index is 11.8. The van der Waals surface area contributed by atoms with E-state index in [0.29, 0.717) is 30.8 Å². The Morgan fingerprint density at radius 2 is 2.04 bits per heavy atom. The van der Waals surface area contributed by atoms with Gasteiger partial charge in [-0.1, -0.05) is 25.1 Å². The fourth-order valence-electron chi connectivity index (χ4n) is 3.94. The number of hydrogen-bond acceptors (Lipinski definition) is 6. The molecule has 1 aliphatic rings. The monoisotopic (exact) mass is 390 g/mol. The van der Waals surface area contributed by atoms with Gasteiger partial charge in [0, 0.05) is 36.4 Å². The van der Waals surface area contributed by atoms with Gasteiger partial charge in [-0.25, -0.2) is 9.97 Å². The van der Waals surface area contributed by atoms with Crippen LogP contribution in [0, 0.1) is 0 Å². The van der Waals surface area contributed by atoms with Gasteiger partial charge in [-0.3, -0.25) is 9.78 Å². The molecule has 2 N–H and O–H groups in total. The number of carbonyl (C=O) groups excluding carboxylic acids is 1. The molecule has 0 spiro atoms. The Hall–Kier alpha value is -2.90. The minimum atomic E-state index is -1.32. The lowest BCUT2D eigenvalue weighted by Crippen LogP contribution is -2.36. The topological polar surface area (TPSA) is 88.0 Å². The average molecular weight is 390 g/mol. The predicted molar refractivity (Wildman–Crippen MR) is 109 cm³/mol. The first-order valence-corrected chi connectivity index (χ1v) is 10.1. The second-order valence-corrected chi connectivity index (χ2v) is 7.76. The average Bonchev–Trinajstić information content (AvgIpc) is 3.23. The molecule has 0 radical (unpaired) electrons. The van der Waals surface area contributed by atoms with E-state index in [9.17, 15) is 9.90 Å². The number of amides is 1. The van der Waals surface area contributed by atoms with E-state index in [1.807, 2.05) is 37.3 Å². The molecule has 0 saturated heterocycles. The van der Waals surface area contributed by atoms with Crippen LogP contribution in [0.3, 0.4) is 0 Å².